The number of methoxy groups -OCH3 is 2. The molecule has 25 heavy (non-hydrogen) atoms. The third-order valence-electron chi connectivity index (χ3n) is 3.83. The third-order valence-corrected chi connectivity index (χ3v) is 3.83. The minimum Gasteiger partial charge on any atom is -0.497 e. The minimum atomic E-state index is -0.0759. The van der Waals surface area contributed by atoms with Gasteiger partial charge in [0.1, 0.15) is 17.2 Å². The van der Waals surface area contributed by atoms with Crippen LogP contribution in [0.15, 0.2) is 36.4 Å². The second kappa shape index (κ2) is 8.97. The van der Waals surface area contributed by atoms with Crippen LogP contribution in [0.4, 0.5) is 5.69 Å². The molecular weight excluding hydrogens is 318 g/mol. The highest BCUT2D eigenvalue weighted by Gasteiger charge is 2.09. The monoisotopic (exact) mass is 343 g/mol. The highest BCUT2D eigenvalue weighted by atomic mass is 16.5. The van der Waals surface area contributed by atoms with E-state index in [9.17, 15) is 4.79 Å². The predicted octanol–water partition coefficient (Wildman–Crippen LogP) is 4.12. The molecule has 134 valence electrons. The Kier molecular flexibility index (Phi) is 6.69. The van der Waals surface area contributed by atoms with Gasteiger partial charge in [-0.15, -0.1) is 0 Å². The van der Waals surface area contributed by atoms with E-state index in [1.54, 1.807) is 32.4 Å². The zero-order chi connectivity index (χ0) is 18.2. The molecule has 0 bridgehead atoms. The van der Waals surface area contributed by atoms with Crippen molar-refractivity contribution < 1.29 is 19.0 Å². The molecule has 1 amide bonds. The van der Waals surface area contributed by atoms with Crippen molar-refractivity contribution in [3.05, 3.63) is 47.5 Å². The maximum absolute atomic E-state index is 12.1. The molecule has 5 nitrogen and oxygen atoms in total. The van der Waals surface area contributed by atoms with E-state index in [4.69, 9.17) is 14.2 Å². The summed E-state index contributed by atoms with van der Waals surface area (Å²) < 4.78 is 16.2. The van der Waals surface area contributed by atoms with E-state index in [0.717, 1.165) is 16.9 Å². The third kappa shape index (κ3) is 5.41. The van der Waals surface area contributed by atoms with E-state index in [2.05, 4.69) is 11.4 Å². The summed E-state index contributed by atoms with van der Waals surface area (Å²) in [7, 11) is 3.14. The largest absolute Gasteiger partial charge is 0.497 e. The Morgan fingerprint density at radius 3 is 2.52 bits per heavy atom. The number of carbonyl (C=O) groups excluding carboxylic acids is 1. The van der Waals surface area contributed by atoms with Crippen LogP contribution in [0, 0.1) is 13.8 Å². The molecule has 0 unspecified atom stereocenters. The summed E-state index contributed by atoms with van der Waals surface area (Å²) in [5.41, 5.74) is 2.88. The molecule has 5 heteroatoms. The van der Waals surface area contributed by atoms with Gasteiger partial charge in [-0.1, -0.05) is 12.1 Å². The van der Waals surface area contributed by atoms with Gasteiger partial charge in [0.25, 0.3) is 0 Å². The number of hydrogen-bond acceptors (Lipinski definition) is 4. The first kappa shape index (κ1) is 18.6. The lowest BCUT2D eigenvalue weighted by atomic mass is 10.1. The van der Waals surface area contributed by atoms with Gasteiger partial charge in [0.05, 0.1) is 26.5 Å². The number of ether oxygens (including phenoxy) is 3. The van der Waals surface area contributed by atoms with Gasteiger partial charge >= 0.3 is 0 Å². The van der Waals surface area contributed by atoms with Gasteiger partial charge in [-0.25, -0.2) is 0 Å². The number of nitrogens with one attached hydrogen (secondary N) is 1. The van der Waals surface area contributed by atoms with Crippen LogP contribution in [0.25, 0.3) is 0 Å². The Morgan fingerprint density at radius 2 is 1.80 bits per heavy atom. The van der Waals surface area contributed by atoms with E-state index in [0.29, 0.717) is 36.6 Å². The maximum atomic E-state index is 12.1. The highest BCUT2D eigenvalue weighted by molar-refractivity contribution is 5.92. The van der Waals surface area contributed by atoms with E-state index < -0.39 is 0 Å². The van der Waals surface area contributed by atoms with Crippen LogP contribution in [-0.2, 0) is 4.79 Å². The van der Waals surface area contributed by atoms with Gasteiger partial charge in [0, 0.05) is 12.5 Å². The summed E-state index contributed by atoms with van der Waals surface area (Å²) in [6, 6.07) is 11.4. The van der Waals surface area contributed by atoms with E-state index in [-0.39, 0.29) is 5.91 Å². The number of anilines is 1. The van der Waals surface area contributed by atoms with E-state index >= 15 is 0 Å². The molecule has 2 rings (SSSR count). The lowest BCUT2D eigenvalue weighted by Gasteiger charge is -2.12. The average molecular weight is 343 g/mol. The molecule has 0 atom stereocenters. The molecule has 0 aliphatic carbocycles. The first-order chi connectivity index (χ1) is 12.0. The van der Waals surface area contributed by atoms with Gasteiger partial charge < -0.3 is 19.5 Å². The Bertz CT molecular complexity index is 728. The molecule has 0 saturated heterocycles. The molecule has 2 aromatic carbocycles. The molecular formula is C20H25NO4. The summed E-state index contributed by atoms with van der Waals surface area (Å²) in [5.74, 6) is 2.04. The molecule has 0 saturated carbocycles. The van der Waals surface area contributed by atoms with Crippen LogP contribution >= 0.6 is 0 Å². The topological polar surface area (TPSA) is 56.8 Å². The molecule has 0 heterocycles. The molecule has 0 radical (unpaired) electrons. The van der Waals surface area contributed by atoms with Crippen molar-refractivity contribution in [3.63, 3.8) is 0 Å². The SMILES string of the molecule is COc1ccc(NC(=O)CCCOc2cc(C)ccc2C)c(OC)c1. The predicted molar refractivity (Wildman–Crippen MR) is 98.8 cm³/mol. The summed E-state index contributed by atoms with van der Waals surface area (Å²) in [4.78, 5) is 12.1. The molecule has 2 aromatic rings. The Morgan fingerprint density at radius 1 is 1.00 bits per heavy atom. The van der Waals surface area contributed by atoms with Crippen molar-refractivity contribution in [2.24, 2.45) is 0 Å². The van der Waals surface area contributed by atoms with Crippen molar-refractivity contribution in [2.45, 2.75) is 26.7 Å². The maximum Gasteiger partial charge on any atom is 0.224 e. The zero-order valence-electron chi connectivity index (χ0n) is 15.2. The van der Waals surface area contributed by atoms with Crippen molar-refractivity contribution in [3.8, 4) is 17.2 Å². The van der Waals surface area contributed by atoms with E-state index in [1.165, 1.54) is 0 Å². The second-order valence-corrected chi connectivity index (χ2v) is 5.84. The van der Waals surface area contributed by atoms with Crippen LogP contribution in [0.3, 0.4) is 0 Å². The van der Waals surface area contributed by atoms with Crippen LogP contribution in [0.1, 0.15) is 24.0 Å². The zero-order valence-corrected chi connectivity index (χ0v) is 15.2. The number of amides is 1. The van der Waals surface area contributed by atoms with Crippen LogP contribution in [0.2, 0.25) is 0 Å². The Balaban J connectivity index is 1.82. The van der Waals surface area contributed by atoms with E-state index in [1.807, 2.05) is 26.0 Å². The fraction of sp³-hybridized carbons (Fsp3) is 0.350. The number of aryl methyl sites for hydroxylation is 2. The lowest BCUT2D eigenvalue weighted by Crippen LogP contribution is -2.13. The summed E-state index contributed by atoms with van der Waals surface area (Å²) >= 11 is 0. The first-order valence-corrected chi connectivity index (χ1v) is 8.25. The summed E-state index contributed by atoms with van der Waals surface area (Å²) in [6.07, 6.45) is 1.01. The average Bonchev–Trinajstić information content (AvgIpc) is 2.61. The van der Waals surface area contributed by atoms with Gasteiger partial charge in [-0.3, -0.25) is 4.79 Å². The molecule has 1 N–H and O–H groups in total. The van der Waals surface area contributed by atoms with Crippen LogP contribution < -0.4 is 19.5 Å². The number of carbonyl (C=O) groups is 1. The number of benzene rings is 2. The molecule has 0 spiro atoms. The van der Waals surface area contributed by atoms with Crippen molar-refractivity contribution in [1.29, 1.82) is 0 Å². The minimum absolute atomic E-state index is 0.0759. The van der Waals surface area contributed by atoms with Crippen molar-refractivity contribution in [1.82, 2.24) is 0 Å². The normalized spacial score (nSPS) is 10.2. The van der Waals surface area contributed by atoms with Gasteiger partial charge in [0.15, 0.2) is 0 Å². The first-order valence-electron chi connectivity index (χ1n) is 8.25. The van der Waals surface area contributed by atoms with Gasteiger partial charge in [-0.2, -0.15) is 0 Å². The Hall–Kier alpha value is -2.69. The quantitative estimate of drug-likeness (QED) is 0.733. The van der Waals surface area contributed by atoms with Crippen LogP contribution in [-0.4, -0.2) is 26.7 Å². The number of rotatable bonds is 8. The lowest BCUT2D eigenvalue weighted by molar-refractivity contribution is -0.116. The smallest absolute Gasteiger partial charge is 0.224 e. The molecule has 0 aliphatic rings. The summed E-state index contributed by atoms with van der Waals surface area (Å²) in [5, 5.41) is 2.86. The highest BCUT2D eigenvalue weighted by Crippen LogP contribution is 2.29. The van der Waals surface area contributed by atoms with Crippen LogP contribution in [0.5, 0.6) is 17.2 Å². The second-order valence-electron chi connectivity index (χ2n) is 5.84. The van der Waals surface area contributed by atoms with Gasteiger partial charge in [-0.05, 0) is 49.6 Å². The fourth-order valence-electron chi connectivity index (χ4n) is 2.39. The number of hydrogen-bond donors (Lipinski definition) is 1. The van der Waals surface area contributed by atoms with Gasteiger partial charge in [0.2, 0.25) is 5.91 Å². The Labute approximate surface area is 148 Å². The van der Waals surface area contributed by atoms with Crippen molar-refractivity contribution in [2.75, 3.05) is 26.1 Å². The standard InChI is InChI=1S/C20H25NO4/c1-14-7-8-15(2)18(12-14)25-11-5-6-20(22)21-17-10-9-16(23-3)13-19(17)24-4/h7-10,12-13H,5-6,11H2,1-4H3,(H,21,22). The van der Waals surface area contributed by atoms with Crippen molar-refractivity contribution >= 4 is 11.6 Å². The molecule has 0 fully saturated rings. The molecule has 0 aromatic heterocycles. The fourth-order valence-corrected chi connectivity index (χ4v) is 2.39. The molecule has 0 aliphatic heterocycles. The summed E-state index contributed by atoms with van der Waals surface area (Å²) in [6.45, 7) is 4.54.